The Hall–Kier alpha value is 0.230. The van der Waals surface area contributed by atoms with Crippen molar-refractivity contribution >= 4 is 38.5 Å². The highest BCUT2D eigenvalue weighted by atomic mass is 127. The van der Waals surface area contributed by atoms with Crippen molar-refractivity contribution < 1.29 is 4.74 Å². The fourth-order valence-electron chi connectivity index (χ4n) is 2.15. The predicted octanol–water partition coefficient (Wildman–Crippen LogP) is 5.01. The minimum atomic E-state index is 0.764. The van der Waals surface area contributed by atoms with Gasteiger partial charge >= 0.3 is 0 Å². The third-order valence-electron chi connectivity index (χ3n) is 3.09. The molecule has 1 fully saturated rings. The van der Waals surface area contributed by atoms with Crippen LogP contribution >= 0.6 is 38.5 Å². The number of ether oxygens (including phenoxy) is 1. The molecule has 16 heavy (non-hydrogen) atoms. The van der Waals surface area contributed by atoms with Gasteiger partial charge in [0.1, 0.15) is 5.75 Å². The smallest absolute Gasteiger partial charge is 0.133 e. The fourth-order valence-corrected chi connectivity index (χ4v) is 3.57. The largest absolute Gasteiger partial charge is 0.492 e. The van der Waals surface area contributed by atoms with Gasteiger partial charge in [-0.3, -0.25) is 0 Å². The van der Waals surface area contributed by atoms with Crippen LogP contribution in [0.2, 0.25) is 0 Å². The van der Waals surface area contributed by atoms with Gasteiger partial charge in [0.05, 0.1) is 11.1 Å². The van der Waals surface area contributed by atoms with Gasteiger partial charge in [-0.1, -0.05) is 19.3 Å². The van der Waals surface area contributed by atoms with Gasteiger partial charge in [-0.25, -0.2) is 0 Å². The van der Waals surface area contributed by atoms with E-state index >= 15 is 0 Å². The van der Waals surface area contributed by atoms with Crippen molar-refractivity contribution in [2.24, 2.45) is 5.92 Å². The lowest BCUT2D eigenvalue weighted by molar-refractivity contribution is 0.208. The molecule has 1 saturated carbocycles. The first kappa shape index (κ1) is 12.7. The van der Waals surface area contributed by atoms with E-state index in [4.69, 9.17) is 4.74 Å². The summed E-state index contributed by atoms with van der Waals surface area (Å²) in [6, 6.07) is 6.23. The molecule has 0 N–H and O–H groups in total. The van der Waals surface area contributed by atoms with Gasteiger partial charge < -0.3 is 4.74 Å². The molecule has 0 aliphatic heterocycles. The van der Waals surface area contributed by atoms with Gasteiger partial charge in [0.15, 0.2) is 0 Å². The maximum Gasteiger partial charge on any atom is 0.133 e. The van der Waals surface area contributed by atoms with Gasteiger partial charge in [0.2, 0.25) is 0 Å². The average Bonchev–Trinajstić information content (AvgIpc) is 2.29. The molecule has 0 bridgehead atoms. The summed E-state index contributed by atoms with van der Waals surface area (Å²) in [5.41, 5.74) is 0. The molecule has 0 unspecified atom stereocenters. The van der Waals surface area contributed by atoms with E-state index in [1.807, 2.05) is 0 Å². The van der Waals surface area contributed by atoms with E-state index in [-0.39, 0.29) is 0 Å². The molecule has 3 heteroatoms. The summed E-state index contributed by atoms with van der Waals surface area (Å²) in [4.78, 5) is 0. The standard InChI is InChI=1S/C13H16BrIO/c14-12-8-11(15)6-7-13(12)16-9-10-4-2-1-3-5-10/h6-8,10H,1-5,9H2. The molecule has 1 aliphatic rings. The van der Waals surface area contributed by atoms with E-state index in [9.17, 15) is 0 Å². The Kier molecular flexibility index (Phi) is 4.95. The lowest BCUT2D eigenvalue weighted by Gasteiger charge is -2.22. The topological polar surface area (TPSA) is 9.23 Å². The quantitative estimate of drug-likeness (QED) is 0.654. The van der Waals surface area contributed by atoms with Crippen molar-refractivity contribution in [3.05, 3.63) is 26.2 Å². The van der Waals surface area contributed by atoms with E-state index in [0.717, 1.165) is 22.7 Å². The number of rotatable bonds is 3. The summed E-state index contributed by atoms with van der Waals surface area (Å²) in [7, 11) is 0. The fraction of sp³-hybridized carbons (Fsp3) is 0.538. The molecule has 0 aromatic heterocycles. The molecule has 1 aromatic rings. The molecular formula is C13H16BrIO. The molecule has 0 spiro atoms. The zero-order chi connectivity index (χ0) is 11.4. The zero-order valence-corrected chi connectivity index (χ0v) is 13.0. The summed E-state index contributed by atoms with van der Waals surface area (Å²) >= 11 is 5.85. The van der Waals surface area contributed by atoms with Crippen molar-refractivity contribution in [3.63, 3.8) is 0 Å². The van der Waals surface area contributed by atoms with Crippen LogP contribution in [0.5, 0.6) is 5.75 Å². The summed E-state index contributed by atoms with van der Waals surface area (Å²) in [6.07, 6.45) is 6.83. The highest BCUT2D eigenvalue weighted by Crippen LogP contribution is 2.29. The number of halogens is 2. The third kappa shape index (κ3) is 3.62. The van der Waals surface area contributed by atoms with Gasteiger partial charge in [0.25, 0.3) is 0 Å². The molecule has 1 aliphatic carbocycles. The highest BCUT2D eigenvalue weighted by molar-refractivity contribution is 14.1. The van der Waals surface area contributed by atoms with Gasteiger partial charge in [-0.2, -0.15) is 0 Å². The van der Waals surface area contributed by atoms with E-state index in [2.05, 4.69) is 56.7 Å². The first-order valence-corrected chi connectivity index (χ1v) is 7.71. The van der Waals surface area contributed by atoms with Crippen LogP contribution in [-0.2, 0) is 0 Å². The van der Waals surface area contributed by atoms with Crippen LogP contribution in [0.3, 0.4) is 0 Å². The maximum absolute atomic E-state index is 5.88. The zero-order valence-electron chi connectivity index (χ0n) is 9.22. The summed E-state index contributed by atoms with van der Waals surface area (Å²) < 4.78 is 8.18. The minimum Gasteiger partial charge on any atom is -0.492 e. The first-order valence-electron chi connectivity index (χ1n) is 5.83. The van der Waals surface area contributed by atoms with Crippen LogP contribution in [-0.4, -0.2) is 6.61 Å². The normalized spacial score (nSPS) is 17.4. The van der Waals surface area contributed by atoms with Crippen LogP contribution in [0.4, 0.5) is 0 Å². The Morgan fingerprint density at radius 1 is 1.25 bits per heavy atom. The number of hydrogen-bond acceptors (Lipinski definition) is 1. The number of hydrogen-bond donors (Lipinski definition) is 0. The Morgan fingerprint density at radius 2 is 2.00 bits per heavy atom. The molecule has 0 amide bonds. The Balaban J connectivity index is 1.88. The van der Waals surface area contributed by atoms with E-state index in [1.54, 1.807) is 0 Å². The third-order valence-corrected chi connectivity index (χ3v) is 4.38. The second-order valence-electron chi connectivity index (χ2n) is 4.39. The number of benzene rings is 1. The highest BCUT2D eigenvalue weighted by Gasteiger charge is 2.14. The van der Waals surface area contributed by atoms with Crippen LogP contribution < -0.4 is 4.74 Å². The lowest BCUT2D eigenvalue weighted by Crippen LogP contribution is -2.15. The Labute approximate surface area is 119 Å². The van der Waals surface area contributed by atoms with E-state index in [1.165, 1.54) is 35.7 Å². The second-order valence-corrected chi connectivity index (χ2v) is 6.49. The molecule has 0 atom stereocenters. The SMILES string of the molecule is Brc1cc(I)ccc1OCC1CCCCC1. The van der Waals surface area contributed by atoms with Gasteiger partial charge in [0, 0.05) is 3.57 Å². The predicted molar refractivity (Wildman–Crippen MR) is 78.9 cm³/mol. The van der Waals surface area contributed by atoms with E-state index < -0.39 is 0 Å². The van der Waals surface area contributed by atoms with Gasteiger partial charge in [-0.15, -0.1) is 0 Å². The molecule has 0 saturated heterocycles. The van der Waals surface area contributed by atoms with Crippen molar-refractivity contribution in [1.82, 2.24) is 0 Å². The van der Waals surface area contributed by atoms with Crippen molar-refractivity contribution in [1.29, 1.82) is 0 Å². The van der Waals surface area contributed by atoms with E-state index in [0.29, 0.717) is 0 Å². The first-order chi connectivity index (χ1) is 7.75. The monoisotopic (exact) mass is 394 g/mol. The second kappa shape index (κ2) is 6.24. The molecular weight excluding hydrogens is 379 g/mol. The molecule has 1 nitrogen and oxygen atoms in total. The molecule has 0 radical (unpaired) electrons. The van der Waals surface area contributed by atoms with Crippen LogP contribution in [0.1, 0.15) is 32.1 Å². The summed E-state index contributed by atoms with van der Waals surface area (Å²) in [6.45, 7) is 0.874. The van der Waals surface area contributed by atoms with Crippen LogP contribution in [0, 0.1) is 9.49 Å². The summed E-state index contributed by atoms with van der Waals surface area (Å²) in [5, 5.41) is 0. The van der Waals surface area contributed by atoms with Crippen molar-refractivity contribution in [2.75, 3.05) is 6.61 Å². The van der Waals surface area contributed by atoms with Crippen LogP contribution in [0.25, 0.3) is 0 Å². The average molecular weight is 395 g/mol. The molecule has 0 heterocycles. The van der Waals surface area contributed by atoms with Crippen molar-refractivity contribution in [2.45, 2.75) is 32.1 Å². The molecule has 1 aromatic carbocycles. The van der Waals surface area contributed by atoms with Crippen LogP contribution in [0.15, 0.2) is 22.7 Å². The minimum absolute atomic E-state index is 0.764. The lowest BCUT2D eigenvalue weighted by atomic mass is 9.90. The van der Waals surface area contributed by atoms with Gasteiger partial charge in [-0.05, 0) is 75.5 Å². The van der Waals surface area contributed by atoms with Crippen molar-refractivity contribution in [3.8, 4) is 5.75 Å². The Morgan fingerprint density at radius 3 is 2.69 bits per heavy atom. The maximum atomic E-state index is 5.88. The Bertz CT molecular complexity index is 348. The molecule has 88 valence electrons. The summed E-state index contributed by atoms with van der Waals surface area (Å²) in [5.74, 6) is 1.74. The molecule has 2 rings (SSSR count).